The van der Waals surface area contributed by atoms with Crippen LogP contribution in [0.1, 0.15) is 35.1 Å². The van der Waals surface area contributed by atoms with Crippen LogP contribution in [0.3, 0.4) is 0 Å². The van der Waals surface area contributed by atoms with Crippen LogP contribution in [0.25, 0.3) is 11.1 Å². The molecule has 0 unspecified atom stereocenters. The number of nitrogens with one attached hydrogen (secondary N) is 1. The number of amides is 2. The van der Waals surface area contributed by atoms with E-state index in [1.807, 2.05) is 72.6 Å². The third-order valence-corrected chi connectivity index (χ3v) is 8.47. The summed E-state index contributed by atoms with van der Waals surface area (Å²) in [6, 6.07) is 36.4. The molecule has 8 heteroatoms. The van der Waals surface area contributed by atoms with Crippen LogP contribution in [0.5, 0.6) is 0 Å². The monoisotopic (exact) mass is 621 g/mol. The number of hydrazine groups is 1. The van der Waals surface area contributed by atoms with E-state index < -0.39 is 12.4 Å². The number of rotatable bonds is 15. The largest absolute Gasteiger partial charge is 0.449 e. The summed E-state index contributed by atoms with van der Waals surface area (Å²) in [5.41, 5.74) is 6.84. The molecule has 240 valence electrons. The highest BCUT2D eigenvalue weighted by Gasteiger charge is 2.31. The Bertz CT molecular complexity index is 1520. The highest BCUT2D eigenvalue weighted by molar-refractivity contribution is 5.82. The van der Waals surface area contributed by atoms with Crippen molar-refractivity contribution >= 4 is 12.0 Å². The van der Waals surface area contributed by atoms with Gasteiger partial charge in [0.25, 0.3) is 5.91 Å². The zero-order chi connectivity index (χ0) is 32.3. The molecule has 2 amide bonds. The Labute approximate surface area is 271 Å². The first-order valence-corrected chi connectivity index (χ1v) is 15.8. The molecule has 1 aliphatic rings. The van der Waals surface area contributed by atoms with Gasteiger partial charge in [-0.2, -0.15) is 0 Å². The van der Waals surface area contributed by atoms with Gasteiger partial charge in [-0.05, 0) is 53.1 Å². The first-order chi connectivity index (χ1) is 22.5. The van der Waals surface area contributed by atoms with E-state index >= 15 is 0 Å². The summed E-state index contributed by atoms with van der Waals surface area (Å²) in [6.07, 6.45) is 0.158. The topological polar surface area (TPSA) is 80.3 Å². The van der Waals surface area contributed by atoms with Crippen molar-refractivity contribution in [2.75, 3.05) is 40.5 Å². The molecule has 0 saturated carbocycles. The van der Waals surface area contributed by atoms with Crippen LogP contribution in [-0.2, 0) is 31.8 Å². The number of nitrogens with zero attached hydrogens (tertiary/aromatic N) is 2. The van der Waals surface area contributed by atoms with Gasteiger partial charge in [-0.3, -0.25) is 9.80 Å². The van der Waals surface area contributed by atoms with Crippen molar-refractivity contribution in [3.63, 3.8) is 0 Å². The number of hydrogen-bond donors (Lipinski definition) is 1. The van der Waals surface area contributed by atoms with E-state index in [0.717, 1.165) is 33.4 Å². The van der Waals surface area contributed by atoms with Crippen LogP contribution in [-0.4, -0.2) is 74.8 Å². The van der Waals surface area contributed by atoms with Gasteiger partial charge in [-0.1, -0.05) is 109 Å². The maximum Gasteiger partial charge on any atom is 0.407 e. The second-order valence-electron chi connectivity index (χ2n) is 11.5. The van der Waals surface area contributed by atoms with Gasteiger partial charge in [0.15, 0.2) is 6.29 Å². The minimum Gasteiger partial charge on any atom is -0.449 e. The minimum atomic E-state index is -0.631. The first kappa shape index (κ1) is 32.9. The second kappa shape index (κ2) is 16.2. The van der Waals surface area contributed by atoms with Gasteiger partial charge in [0.05, 0.1) is 6.54 Å². The van der Waals surface area contributed by atoms with E-state index in [-0.39, 0.29) is 31.0 Å². The van der Waals surface area contributed by atoms with Crippen LogP contribution in [0, 0.1) is 0 Å². The van der Waals surface area contributed by atoms with Crippen LogP contribution < -0.4 is 5.32 Å². The summed E-state index contributed by atoms with van der Waals surface area (Å²) in [5.74, 6) is -0.319. The number of methoxy groups -OCH3 is 2. The van der Waals surface area contributed by atoms with Crippen molar-refractivity contribution in [1.82, 2.24) is 15.3 Å². The van der Waals surface area contributed by atoms with Crippen molar-refractivity contribution in [3.8, 4) is 11.1 Å². The van der Waals surface area contributed by atoms with Crippen molar-refractivity contribution in [2.24, 2.45) is 0 Å². The van der Waals surface area contributed by atoms with Crippen LogP contribution in [0.4, 0.5) is 4.79 Å². The van der Waals surface area contributed by atoms with E-state index in [9.17, 15) is 9.59 Å². The Morgan fingerprint density at radius 1 is 0.761 bits per heavy atom. The summed E-state index contributed by atoms with van der Waals surface area (Å²) < 4.78 is 16.8. The van der Waals surface area contributed by atoms with E-state index in [2.05, 4.69) is 53.8 Å². The molecule has 0 radical (unpaired) electrons. The summed E-state index contributed by atoms with van der Waals surface area (Å²) in [6.45, 7) is 2.85. The minimum absolute atomic E-state index is 0.0651. The predicted octanol–water partition coefficient (Wildman–Crippen LogP) is 6.06. The summed E-state index contributed by atoms with van der Waals surface area (Å²) in [7, 11) is 3.17. The summed E-state index contributed by atoms with van der Waals surface area (Å²) in [5, 5.41) is 6.44. The standard InChI is InChI=1S/C38H43N3O5/c1-28(24-30-16-8-5-9-17-30)41(40(26-37(44-2)45-3)23-22-29-14-6-4-7-15-29)36(42)25-39-38(43)46-27-35-33-20-12-10-18-31(33)32-19-11-13-21-34(32)35/h4-21,28,35,37H,22-27H2,1-3H3,(H,39,43)/t28-/m0/s1. The van der Waals surface area contributed by atoms with Gasteiger partial charge < -0.3 is 19.5 Å². The van der Waals surface area contributed by atoms with Gasteiger partial charge in [-0.15, -0.1) is 0 Å². The van der Waals surface area contributed by atoms with Gasteiger partial charge in [0.2, 0.25) is 0 Å². The number of ether oxygens (including phenoxy) is 3. The number of carbonyl (C=O) groups is 2. The smallest absolute Gasteiger partial charge is 0.407 e. The van der Waals surface area contributed by atoms with Crippen molar-refractivity contribution in [1.29, 1.82) is 0 Å². The highest BCUT2D eigenvalue weighted by Crippen LogP contribution is 2.44. The molecule has 1 N–H and O–H groups in total. The number of alkyl carbamates (subject to hydrolysis) is 1. The Kier molecular flexibility index (Phi) is 11.6. The Balaban J connectivity index is 1.29. The summed E-state index contributed by atoms with van der Waals surface area (Å²) in [4.78, 5) is 27.0. The molecule has 0 aromatic heterocycles. The van der Waals surface area contributed by atoms with E-state index in [4.69, 9.17) is 14.2 Å². The van der Waals surface area contributed by atoms with Gasteiger partial charge in [0, 0.05) is 32.7 Å². The SMILES string of the molecule is COC(CN(CCc1ccccc1)N(C(=O)CNC(=O)OCC1c2ccccc2-c2ccccc21)[C@@H](C)Cc1ccccc1)OC. The van der Waals surface area contributed by atoms with Crippen molar-refractivity contribution < 1.29 is 23.8 Å². The quantitative estimate of drug-likeness (QED) is 0.128. The fourth-order valence-electron chi connectivity index (χ4n) is 6.21. The molecule has 0 bridgehead atoms. The van der Waals surface area contributed by atoms with Crippen LogP contribution in [0.2, 0.25) is 0 Å². The van der Waals surface area contributed by atoms with Crippen LogP contribution >= 0.6 is 0 Å². The fraction of sp³-hybridized carbons (Fsp3) is 0.316. The molecule has 4 aromatic rings. The zero-order valence-electron chi connectivity index (χ0n) is 26.8. The lowest BCUT2D eigenvalue weighted by molar-refractivity contribution is -0.175. The third-order valence-electron chi connectivity index (χ3n) is 8.47. The summed E-state index contributed by atoms with van der Waals surface area (Å²) >= 11 is 0. The molecule has 5 rings (SSSR count). The van der Waals surface area contributed by atoms with E-state index in [0.29, 0.717) is 25.9 Å². The average Bonchev–Trinajstić information content (AvgIpc) is 3.41. The fourth-order valence-corrected chi connectivity index (χ4v) is 6.21. The molecule has 0 aliphatic heterocycles. The molecular weight excluding hydrogens is 578 g/mol. The molecule has 0 fully saturated rings. The molecule has 4 aromatic carbocycles. The number of hydrogen-bond acceptors (Lipinski definition) is 6. The maximum atomic E-state index is 14.0. The van der Waals surface area contributed by atoms with Gasteiger partial charge in [0.1, 0.15) is 13.2 Å². The average molecular weight is 622 g/mol. The lowest BCUT2D eigenvalue weighted by Gasteiger charge is -2.40. The zero-order valence-corrected chi connectivity index (χ0v) is 26.8. The molecule has 0 saturated heterocycles. The predicted molar refractivity (Wildman–Crippen MR) is 179 cm³/mol. The Morgan fingerprint density at radius 2 is 1.30 bits per heavy atom. The molecule has 0 heterocycles. The molecule has 1 aliphatic carbocycles. The van der Waals surface area contributed by atoms with E-state index in [1.165, 1.54) is 0 Å². The Morgan fingerprint density at radius 3 is 1.89 bits per heavy atom. The number of carbonyl (C=O) groups excluding carboxylic acids is 2. The van der Waals surface area contributed by atoms with Crippen molar-refractivity contribution in [2.45, 2.75) is 38.0 Å². The molecule has 1 atom stereocenters. The molecule has 8 nitrogen and oxygen atoms in total. The Hall–Kier alpha value is -4.50. The highest BCUT2D eigenvalue weighted by atomic mass is 16.7. The first-order valence-electron chi connectivity index (χ1n) is 15.8. The van der Waals surface area contributed by atoms with Gasteiger partial charge in [-0.25, -0.2) is 9.80 Å². The third kappa shape index (κ3) is 8.20. The molecule has 46 heavy (non-hydrogen) atoms. The van der Waals surface area contributed by atoms with Crippen LogP contribution in [0.15, 0.2) is 109 Å². The number of benzene rings is 4. The van der Waals surface area contributed by atoms with E-state index in [1.54, 1.807) is 19.2 Å². The molecular formula is C38H43N3O5. The van der Waals surface area contributed by atoms with Crippen molar-refractivity contribution in [3.05, 3.63) is 131 Å². The number of fused-ring (bicyclic) bond motifs is 3. The maximum absolute atomic E-state index is 14.0. The second-order valence-corrected chi connectivity index (χ2v) is 11.5. The normalized spacial score (nSPS) is 12.9. The molecule has 0 spiro atoms. The van der Waals surface area contributed by atoms with Gasteiger partial charge >= 0.3 is 6.09 Å². The lowest BCUT2D eigenvalue weighted by Crippen LogP contribution is -2.57. The lowest BCUT2D eigenvalue weighted by atomic mass is 9.98.